The molecule has 0 aliphatic carbocycles. The fraction of sp³-hybridized carbons (Fsp3) is 0.889. The summed E-state index contributed by atoms with van der Waals surface area (Å²) >= 11 is 0. The monoisotopic (exact) mass is 234 g/mol. The fourth-order valence-electron chi connectivity index (χ4n) is 1.71. The number of carbonyl (C=O) groups excluding carboxylic acids is 1. The molecule has 0 spiro atoms. The highest BCUT2D eigenvalue weighted by molar-refractivity contribution is 5.77. The lowest BCUT2D eigenvalue weighted by atomic mass is 10.5. The van der Waals surface area contributed by atoms with Crippen molar-refractivity contribution in [3.8, 4) is 0 Å². The Morgan fingerprint density at radius 1 is 0.938 bits per heavy atom. The highest BCUT2D eigenvalue weighted by Crippen LogP contribution is 2.23. The number of urea groups is 1. The van der Waals surface area contributed by atoms with Crippen LogP contribution in [0.3, 0.4) is 0 Å². The van der Waals surface area contributed by atoms with Crippen LogP contribution in [0.25, 0.3) is 0 Å². The largest absolute Gasteiger partial charge is 0.364 e. The quantitative estimate of drug-likeness (QED) is 0.641. The van der Waals surface area contributed by atoms with Crippen LogP contribution in [0.15, 0.2) is 0 Å². The van der Waals surface area contributed by atoms with E-state index in [2.05, 4.69) is 0 Å². The van der Waals surface area contributed by atoms with Crippen molar-refractivity contribution in [2.24, 2.45) is 0 Å². The van der Waals surface area contributed by atoms with Crippen molar-refractivity contribution in [1.82, 2.24) is 9.80 Å². The second kappa shape index (κ2) is 6.00. The number of ether oxygens (including phenoxy) is 4. The lowest BCUT2D eigenvalue weighted by Gasteiger charge is -2.24. The maximum absolute atomic E-state index is 12.0. The van der Waals surface area contributed by atoms with Crippen LogP contribution in [0.5, 0.6) is 0 Å². The Labute approximate surface area is 94.8 Å². The molecule has 2 amide bonds. The zero-order valence-electron chi connectivity index (χ0n) is 10.0. The summed E-state index contributed by atoms with van der Waals surface area (Å²) in [7, 11) is 6.06. The van der Waals surface area contributed by atoms with E-state index in [1.807, 2.05) is 0 Å². The minimum Gasteiger partial charge on any atom is -0.364 e. The molecular formula is C9H18N2O5. The van der Waals surface area contributed by atoms with E-state index in [0.717, 1.165) is 0 Å². The molecule has 1 fully saturated rings. The van der Waals surface area contributed by atoms with Gasteiger partial charge in [-0.1, -0.05) is 0 Å². The normalized spacial score (nSPS) is 25.6. The van der Waals surface area contributed by atoms with Gasteiger partial charge in [0.2, 0.25) is 0 Å². The van der Waals surface area contributed by atoms with Gasteiger partial charge in [-0.25, -0.2) is 4.79 Å². The SMILES string of the molecule is COCN1C(=O)N(COC)[C@@H](OC)[C@@H]1OC. The van der Waals surface area contributed by atoms with E-state index in [1.54, 1.807) is 0 Å². The number of methoxy groups -OCH3 is 4. The molecule has 0 aromatic rings. The molecule has 0 N–H and O–H groups in total. The number of rotatable bonds is 6. The second-order valence-electron chi connectivity index (χ2n) is 3.31. The summed E-state index contributed by atoms with van der Waals surface area (Å²) in [5.41, 5.74) is 0. The predicted octanol–water partition coefficient (Wildman–Crippen LogP) is -0.123. The van der Waals surface area contributed by atoms with Gasteiger partial charge in [0.15, 0.2) is 12.5 Å². The first-order chi connectivity index (χ1) is 7.71. The third-order valence-electron chi connectivity index (χ3n) is 2.37. The summed E-state index contributed by atoms with van der Waals surface area (Å²) in [6.45, 7) is 0.300. The molecule has 0 bridgehead atoms. The molecule has 0 aromatic heterocycles. The Kier molecular flexibility index (Phi) is 4.94. The summed E-state index contributed by atoms with van der Waals surface area (Å²) in [4.78, 5) is 14.8. The predicted molar refractivity (Wildman–Crippen MR) is 54.4 cm³/mol. The van der Waals surface area contributed by atoms with Gasteiger partial charge in [0.1, 0.15) is 13.5 Å². The minimum atomic E-state index is -0.493. The Bertz CT molecular complexity index is 216. The summed E-state index contributed by atoms with van der Waals surface area (Å²) in [5, 5.41) is 0. The van der Waals surface area contributed by atoms with E-state index in [9.17, 15) is 4.79 Å². The van der Waals surface area contributed by atoms with Crippen LogP contribution in [0.1, 0.15) is 0 Å². The highest BCUT2D eigenvalue weighted by atomic mass is 16.6. The van der Waals surface area contributed by atoms with Gasteiger partial charge < -0.3 is 18.9 Å². The number of hydrogen-bond donors (Lipinski definition) is 0. The van der Waals surface area contributed by atoms with Gasteiger partial charge in [0.25, 0.3) is 0 Å². The molecule has 0 saturated carbocycles. The summed E-state index contributed by atoms with van der Waals surface area (Å²) in [6, 6.07) is -0.234. The van der Waals surface area contributed by atoms with Crippen LogP contribution in [0.2, 0.25) is 0 Å². The molecule has 0 aromatic carbocycles. The topological polar surface area (TPSA) is 60.5 Å². The van der Waals surface area contributed by atoms with Gasteiger partial charge in [-0.05, 0) is 0 Å². The van der Waals surface area contributed by atoms with Crippen molar-refractivity contribution < 1.29 is 23.7 Å². The van der Waals surface area contributed by atoms with Crippen LogP contribution in [0.4, 0.5) is 4.79 Å². The molecule has 1 aliphatic rings. The van der Waals surface area contributed by atoms with E-state index in [0.29, 0.717) is 0 Å². The first-order valence-electron chi connectivity index (χ1n) is 4.82. The smallest absolute Gasteiger partial charge is 0.328 e. The number of hydrogen-bond acceptors (Lipinski definition) is 5. The zero-order chi connectivity index (χ0) is 12.1. The maximum Gasteiger partial charge on any atom is 0.328 e. The third kappa shape index (κ3) is 2.27. The average Bonchev–Trinajstić information content (AvgIpc) is 2.54. The number of carbonyl (C=O) groups is 1. The molecule has 1 saturated heterocycles. The van der Waals surface area contributed by atoms with Crippen molar-refractivity contribution >= 4 is 6.03 Å². The molecule has 0 radical (unpaired) electrons. The van der Waals surface area contributed by atoms with Crippen LogP contribution < -0.4 is 0 Å². The summed E-state index contributed by atoms with van der Waals surface area (Å²) < 4.78 is 20.4. The molecule has 94 valence electrons. The Hall–Kier alpha value is -0.890. The molecule has 2 atom stereocenters. The summed E-state index contributed by atoms with van der Waals surface area (Å²) in [6.07, 6.45) is -0.986. The van der Waals surface area contributed by atoms with E-state index in [1.165, 1.54) is 38.2 Å². The third-order valence-corrected chi connectivity index (χ3v) is 2.37. The molecule has 7 heteroatoms. The molecule has 0 unspecified atom stereocenters. The van der Waals surface area contributed by atoms with E-state index < -0.39 is 12.5 Å². The molecule has 1 rings (SSSR count). The van der Waals surface area contributed by atoms with Gasteiger partial charge in [0, 0.05) is 28.4 Å². The van der Waals surface area contributed by atoms with Crippen molar-refractivity contribution in [3.05, 3.63) is 0 Å². The average molecular weight is 234 g/mol. The van der Waals surface area contributed by atoms with Crippen molar-refractivity contribution in [1.29, 1.82) is 0 Å². The molecular weight excluding hydrogens is 216 g/mol. The number of nitrogens with zero attached hydrogens (tertiary/aromatic N) is 2. The van der Waals surface area contributed by atoms with Crippen LogP contribution in [-0.4, -0.2) is 70.2 Å². The lowest BCUT2D eigenvalue weighted by Crippen LogP contribution is -2.41. The van der Waals surface area contributed by atoms with Gasteiger partial charge in [-0.3, -0.25) is 9.80 Å². The van der Waals surface area contributed by atoms with Gasteiger partial charge >= 0.3 is 6.03 Å². The van der Waals surface area contributed by atoms with Crippen molar-refractivity contribution in [2.45, 2.75) is 12.5 Å². The van der Waals surface area contributed by atoms with Crippen LogP contribution in [-0.2, 0) is 18.9 Å². The van der Waals surface area contributed by atoms with Crippen molar-refractivity contribution in [3.63, 3.8) is 0 Å². The first-order valence-corrected chi connectivity index (χ1v) is 4.82. The minimum absolute atomic E-state index is 0.150. The Morgan fingerprint density at radius 3 is 1.56 bits per heavy atom. The Balaban J connectivity index is 2.83. The van der Waals surface area contributed by atoms with Gasteiger partial charge in [0.05, 0.1) is 0 Å². The van der Waals surface area contributed by atoms with Crippen LogP contribution >= 0.6 is 0 Å². The molecule has 16 heavy (non-hydrogen) atoms. The Morgan fingerprint density at radius 2 is 1.31 bits per heavy atom. The zero-order valence-corrected chi connectivity index (χ0v) is 10.0. The highest BCUT2D eigenvalue weighted by Gasteiger charge is 2.46. The number of amides is 2. The van der Waals surface area contributed by atoms with Crippen LogP contribution in [0, 0.1) is 0 Å². The molecule has 7 nitrogen and oxygen atoms in total. The van der Waals surface area contributed by atoms with E-state index >= 15 is 0 Å². The fourth-order valence-corrected chi connectivity index (χ4v) is 1.71. The van der Waals surface area contributed by atoms with Crippen molar-refractivity contribution in [2.75, 3.05) is 41.9 Å². The van der Waals surface area contributed by atoms with Gasteiger partial charge in [-0.15, -0.1) is 0 Å². The van der Waals surface area contributed by atoms with E-state index in [-0.39, 0.29) is 19.5 Å². The first kappa shape index (κ1) is 13.2. The van der Waals surface area contributed by atoms with E-state index in [4.69, 9.17) is 18.9 Å². The van der Waals surface area contributed by atoms with Gasteiger partial charge in [-0.2, -0.15) is 0 Å². The second-order valence-corrected chi connectivity index (χ2v) is 3.31. The molecule has 1 heterocycles. The maximum atomic E-state index is 12.0. The lowest BCUT2D eigenvalue weighted by molar-refractivity contribution is -0.132. The standard InChI is InChI=1S/C9H18N2O5/c1-13-5-10-7(15-3)8(16-4)11(6-14-2)9(10)12/h7-8H,5-6H2,1-4H3/t7-,8-/m0/s1. The summed E-state index contributed by atoms with van der Waals surface area (Å²) in [5.74, 6) is 0. The molecule has 1 aliphatic heterocycles.